The molecular weight excluding hydrogens is 405 g/mol. The van der Waals surface area contributed by atoms with Gasteiger partial charge in [0.25, 0.3) is 0 Å². The summed E-state index contributed by atoms with van der Waals surface area (Å²) in [5.41, 5.74) is -2.02. The van der Waals surface area contributed by atoms with Gasteiger partial charge in [-0.15, -0.1) is 11.6 Å². The SMILES string of the molecule is C[C@H]1C[C@H]2[C@@H]3CCC4=CC5=NCC=C5C[C@]4(C)[C@@]3(F)[C@@H](O)C[C@]2(C)[C@@]1(O)C(=O)CCl. The predicted octanol–water partition coefficient (Wildman–Crippen LogP) is 3.79. The molecule has 5 rings (SSSR count). The molecule has 0 aromatic heterocycles. The van der Waals surface area contributed by atoms with E-state index in [0.717, 1.165) is 23.3 Å². The van der Waals surface area contributed by atoms with Crippen molar-refractivity contribution in [1.29, 1.82) is 0 Å². The van der Waals surface area contributed by atoms with Crippen LogP contribution in [0.4, 0.5) is 4.39 Å². The van der Waals surface area contributed by atoms with Crippen molar-refractivity contribution in [2.75, 3.05) is 12.4 Å². The maximum atomic E-state index is 17.3. The van der Waals surface area contributed by atoms with Crippen LogP contribution >= 0.6 is 11.6 Å². The molecule has 0 radical (unpaired) electrons. The Kier molecular flexibility index (Phi) is 4.35. The summed E-state index contributed by atoms with van der Waals surface area (Å²) in [4.78, 5) is 17.3. The molecule has 0 spiro atoms. The average molecular weight is 436 g/mol. The number of alkyl halides is 2. The lowest BCUT2D eigenvalue weighted by atomic mass is 9.43. The van der Waals surface area contributed by atoms with Crippen LogP contribution in [0.2, 0.25) is 0 Å². The Balaban J connectivity index is 1.62. The van der Waals surface area contributed by atoms with Crippen molar-refractivity contribution in [2.45, 2.75) is 70.2 Å². The molecule has 3 saturated carbocycles. The van der Waals surface area contributed by atoms with Crippen LogP contribution in [-0.2, 0) is 4.79 Å². The number of nitrogens with zero attached hydrogens (tertiary/aromatic N) is 1. The fourth-order valence-electron chi connectivity index (χ4n) is 8.17. The van der Waals surface area contributed by atoms with Gasteiger partial charge in [-0.1, -0.05) is 32.4 Å². The fourth-order valence-corrected chi connectivity index (χ4v) is 8.37. The number of Topliss-reactive ketones (excluding diaryl/α,β-unsaturated/α-hetero) is 1. The number of hydrogen-bond acceptors (Lipinski definition) is 4. The predicted molar refractivity (Wildman–Crippen MR) is 114 cm³/mol. The van der Waals surface area contributed by atoms with Crippen molar-refractivity contribution in [3.8, 4) is 0 Å². The minimum Gasteiger partial charge on any atom is -0.390 e. The number of aliphatic hydroxyl groups is 2. The molecule has 0 amide bonds. The molecule has 0 aromatic rings. The number of ketones is 1. The first-order valence-electron chi connectivity index (χ1n) is 11.2. The van der Waals surface area contributed by atoms with Crippen molar-refractivity contribution in [3.63, 3.8) is 0 Å². The molecular formula is C24H31ClFNO3. The van der Waals surface area contributed by atoms with Gasteiger partial charge in [0.05, 0.1) is 24.2 Å². The number of carbonyl (C=O) groups is 1. The summed E-state index contributed by atoms with van der Waals surface area (Å²) >= 11 is 5.88. The zero-order valence-corrected chi connectivity index (χ0v) is 18.7. The molecule has 1 heterocycles. The van der Waals surface area contributed by atoms with Gasteiger partial charge in [-0.3, -0.25) is 9.79 Å². The third-order valence-corrected chi connectivity index (χ3v) is 9.99. The Morgan fingerprint density at radius 1 is 1.37 bits per heavy atom. The molecule has 1 aliphatic heterocycles. The minimum absolute atomic E-state index is 0.0665. The number of aliphatic hydroxyl groups excluding tert-OH is 1. The molecule has 4 nitrogen and oxygen atoms in total. The summed E-state index contributed by atoms with van der Waals surface area (Å²) in [6.45, 7) is 6.33. The van der Waals surface area contributed by atoms with Crippen LogP contribution in [-0.4, -0.2) is 51.5 Å². The van der Waals surface area contributed by atoms with E-state index in [1.165, 1.54) is 0 Å². The Morgan fingerprint density at radius 3 is 2.80 bits per heavy atom. The summed E-state index contributed by atoms with van der Waals surface area (Å²) in [6, 6.07) is 0. The number of halogens is 2. The fraction of sp³-hybridized carbons (Fsp3) is 0.750. The zero-order valence-electron chi connectivity index (χ0n) is 17.9. The molecule has 3 fully saturated rings. The van der Waals surface area contributed by atoms with Crippen molar-refractivity contribution < 1.29 is 19.4 Å². The molecule has 30 heavy (non-hydrogen) atoms. The van der Waals surface area contributed by atoms with E-state index in [9.17, 15) is 15.0 Å². The Bertz CT molecular complexity index is 914. The quantitative estimate of drug-likeness (QED) is 0.648. The van der Waals surface area contributed by atoms with Crippen molar-refractivity contribution in [3.05, 3.63) is 23.3 Å². The highest BCUT2D eigenvalue weighted by molar-refractivity contribution is 6.29. The molecule has 0 aromatic carbocycles. The average Bonchev–Trinajstić information content (AvgIpc) is 3.22. The standard InChI is InChI=1S/C24H31ClFNO3/c1-13-8-17-16-5-4-15-9-18-14(6-7-27-18)10-21(15,2)23(16,26)19(28)11-22(17,3)24(13,30)20(29)12-25/h6,9,13,16-17,19,28,30H,4-5,7-8,10-12H2,1-3H3/t13-,16-,17-,19-,21-,22-,23-,24-/m0/s1. The van der Waals surface area contributed by atoms with E-state index in [4.69, 9.17) is 11.6 Å². The van der Waals surface area contributed by atoms with Gasteiger partial charge >= 0.3 is 0 Å². The van der Waals surface area contributed by atoms with Gasteiger partial charge in [-0.25, -0.2) is 4.39 Å². The van der Waals surface area contributed by atoms with Crippen LogP contribution < -0.4 is 0 Å². The highest BCUT2D eigenvalue weighted by Gasteiger charge is 2.75. The summed E-state index contributed by atoms with van der Waals surface area (Å²) in [5, 5.41) is 23.0. The lowest BCUT2D eigenvalue weighted by Crippen LogP contribution is -2.69. The van der Waals surface area contributed by atoms with Crippen LogP contribution in [0.5, 0.6) is 0 Å². The number of carbonyl (C=O) groups excluding carboxylic acids is 1. The van der Waals surface area contributed by atoms with Crippen LogP contribution in [0.25, 0.3) is 0 Å². The summed E-state index contributed by atoms with van der Waals surface area (Å²) in [7, 11) is 0. The van der Waals surface area contributed by atoms with E-state index in [-0.39, 0.29) is 24.1 Å². The topological polar surface area (TPSA) is 69.9 Å². The summed E-state index contributed by atoms with van der Waals surface area (Å²) < 4.78 is 17.3. The Hall–Kier alpha value is -1.04. The van der Waals surface area contributed by atoms with E-state index < -0.39 is 39.9 Å². The molecule has 6 heteroatoms. The number of allylic oxidation sites excluding steroid dienone is 3. The van der Waals surface area contributed by atoms with E-state index >= 15 is 4.39 Å². The van der Waals surface area contributed by atoms with Gasteiger partial charge in [-0.05, 0) is 55.6 Å². The summed E-state index contributed by atoms with van der Waals surface area (Å²) in [5.74, 6) is -1.58. The largest absolute Gasteiger partial charge is 0.390 e. The first kappa shape index (κ1) is 20.8. The van der Waals surface area contributed by atoms with Crippen LogP contribution in [0.1, 0.15) is 52.9 Å². The lowest BCUT2D eigenvalue weighted by molar-refractivity contribution is -0.225. The number of rotatable bonds is 2. The van der Waals surface area contributed by atoms with Gasteiger partial charge in [0.1, 0.15) is 11.3 Å². The maximum Gasteiger partial charge on any atom is 0.179 e. The summed E-state index contributed by atoms with van der Waals surface area (Å²) in [6.07, 6.45) is 5.42. The van der Waals surface area contributed by atoms with E-state index in [2.05, 4.69) is 11.1 Å². The lowest BCUT2D eigenvalue weighted by Gasteiger charge is -2.63. The van der Waals surface area contributed by atoms with Gasteiger partial charge in [-0.2, -0.15) is 0 Å². The molecule has 0 saturated heterocycles. The third-order valence-electron chi connectivity index (χ3n) is 9.75. The molecule has 0 bridgehead atoms. The van der Waals surface area contributed by atoms with Gasteiger partial charge < -0.3 is 10.2 Å². The van der Waals surface area contributed by atoms with E-state index in [0.29, 0.717) is 25.8 Å². The highest BCUT2D eigenvalue weighted by Crippen LogP contribution is 2.71. The van der Waals surface area contributed by atoms with Crippen LogP contribution in [0.15, 0.2) is 28.3 Å². The highest BCUT2D eigenvalue weighted by atomic mass is 35.5. The second-order valence-electron chi connectivity index (χ2n) is 10.8. The smallest absolute Gasteiger partial charge is 0.179 e. The second-order valence-corrected chi connectivity index (χ2v) is 11.0. The monoisotopic (exact) mass is 435 g/mol. The molecule has 2 N–H and O–H groups in total. The first-order chi connectivity index (χ1) is 14.0. The van der Waals surface area contributed by atoms with Crippen LogP contribution in [0, 0.1) is 28.6 Å². The van der Waals surface area contributed by atoms with Gasteiger partial charge in [0.15, 0.2) is 5.78 Å². The molecule has 4 aliphatic carbocycles. The Labute approximate surface area is 182 Å². The van der Waals surface area contributed by atoms with Crippen molar-refractivity contribution in [1.82, 2.24) is 0 Å². The minimum atomic E-state index is -1.80. The van der Waals surface area contributed by atoms with E-state index in [1.807, 2.05) is 26.8 Å². The van der Waals surface area contributed by atoms with Crippen molar-refractivity contribution in [2.24, 2.45) is 33.6 Å². The van der Waals surface area contributed by atoms with Gasteiger partial charge in [0, 0.05) is 16.7 Å². The number of aliphatic imine (C=N–C) groups is 1. The number of hydrogen-bond donors (Lipinski definition) is 2. The van der Waals surface area contributed by atoms with Crippen LogP contribution in [0.3, 0.4) is 0 Å². The zero-order chi connectivity index (χ0) is 21.7. The first-order valence-corrected chi connectivity index (χ1v) is 11.7. The van der Waals surface area contributed by atoms with Crippen molar-refractivity contribution >= 4 is 23.1 Å². The molecule has 0 unspecified atom stereocenters. The van der Waals surface area contributed by atoms with Gasteiger partial charge in [0.2, 0.25) is 0 Å². The Morgan fingerprint density at radius 2 is 2.10 bits per heavy atom. The number of fused-ring (bicyclic) bond motifs is 6. The maximum absolute atomic E-state index is 17.3. The normalized spacial score (nSPS) is 51.8. The second kappa shape index (κ2) is 6.26. The molecule has 8 atom stereocenters. The molecule has 5 aliphatic rings. The van der Waals surface area contributed by atoms with E-state index in [1.54, 1.807) is 0 Å². The molecule has 164 valence electrons. The third kappa shape index (κ3) is 2.15.